The molecule has 1 aromatic heterocycles. The van der Waals surface area contributed by atoms with Gasteiger partial charge in [-0.25, -0.2) is 4.98 Å². The largest absolute Gasteiger partial charge is 0.317 e. The lowest BCUT2D eigenvalue weighted by atomic mass is 9.97. The van der Waals surface area contributed by atoms with Crippen molar-refractivity contribution in [2.24, 2.45) is 5.92 Å². The summed E-state index contributed by atoms with van der Waals surface area (Å²) in [4.78, 5) is 4.74. The zero-order chi connectivity index (χ0) is 11.5. The Labute approximate surface area is 106 Å². The van der Waals surface area contributed by atoms with Crippen molar-refractivity contribution in [1.82, 2.24) is 10.3 Å². The van der Waals surface area contributed by atoms with Gasteiger partial charge in [0.05, 0.1) is 15.2 Å². The fourth-order valence-corrected chi connectivity index (χ4v) is 3.63. The summed E-state index contributed by atoms with van der Waals surface area (Å²) in [6, 6.07) is 8.45. The predicted molar refractivity (Wildman–Crippen MR) is 73.5 cm³/mol. The van der Waals surface area contributed by atoms with Crippen molar-refractivity contribution in [1.29, 1.82) is 0 Å². The van der Waals surface area contributed by atoms with Crippen LogP contribution < -0.4 is 5.32 Å². The molecule has 0 amide bonds. The number of aromatic nitrogens is 1. The van der Waals surface area contributed by atoms with Gasteiger partial charge in [0, 0.05) is 6.42 Å². The Morgan fingerprint density at radius 2 is 2.18 bits per heavy atom. The minimum absolute atomic E-state index is 0.825. The molecule has 2 nitrogen and oxygen atoms in total. The van der Waals surface area contributed by atoms with Crippen molar-refractivity contribution >= 4 is 21.6 Å². The van der Waals surface area contributed by atoms with E-state index in [1.165, 1.54) is 54.0 Å². The van der Waals surface area contributed by atoms with Crippen molar-refractivity contribution < 1.29 is 0 Å². The molecule has 1 aliphatic rings. The minimum Gasteiger partial charge on any atom is -0.317 e. The lowest BCUT2D eigenvalue weighted by Gasteiger charge is -2.10. The highest BCUT2D eigenvalue weighted by molar-refractivity contribution is 7.18. The fourth-order valence-electron chi connectivity index (χ4n) is 2.55. The molecule has 1 aromatic carbocycles. The van der Waals surface area contributed by atoms with Gasteiger partial charge in [-0.3, -0.25) is 0 Å². The maximum atomic E-state index is 4.74. The van der Waals surface area contributed by atoms with Crippen LogP contribution in [0.5, 0.6) is 0 Å². The Morgan fingerprint density at radius 3 is 3.12 bits per heavy atom. The molecule has 1 saturated heterocycles. The number of benzene rings is 1. The second kappa shape index (κ2) is 5.15. The van der Waals surface area contributed by atoms with Crippen molar-refractivity contribution in [3.05, 3.63) is 29.3 Å². The zero-order valence-electron chi connectivity index (χ0n) is 9.98. The van der Waals surface area contributed by atoms with E-state index in [9.17, 15) is 0 Å². The molecule has 2 heterocycles. The number of hydrogen-bond donors (Lipinski definition) is 1. The number of nitrogens with one attached hydrogen (secondary N) is 1. The molecule has 0 radical (unpaired) electrons. The highest BCUT2D eigenvalue weighted by atomic mass is 32.1. The molecular weight excluding hydrogens is 228 g/mol. The standard InChI is InChI=1S/C14H18N2S/c1-2-6-13-12(5-1)16-14(17-13)10-11-4-3-8-15-9-7-11/h1-2,5-6,11,15H,3-4,7-10H2. The van der Waals surface area contributed by atoms with Gasteiger partial charge in [-0.2, -0.15) is 0 Å². The number of fused-ring (bicyclic) bond motifs is 1. The molecule has 1 N–H and O–H groups in total. The SMILES string of the molecule is c1ccc2sc(CC3CCCNCC3)nc2c1. The molecule has 3 rings (SSSR count). The van der Waals surface area contributed by atoms with Crippen LogP contribution in [-0.2, 0) is 6.42 Å². The van der Waals surface area contributed by atoms with E-state index in [0.717, 1.165) is 5.92 Å². The molecular formula is C14H18N2S. The first-order chi connectivity index (χ1) is 8.42. The summed E-state index contributed by atoms with van der Waals surface area (Å²) in [5.74, 6) is 0.825. The number of thiazole rings is 1. The summed E-state index contributed by atoms with van der Waals surface area (Å²) in [5, 5.41) is 4.79. The van der Waals surface area contributed by atoms with Gasteiger partial charge in [-0.05, 0) is 50.4 Å². The summed E-state index contributed by atoms with van der Waals surface area (Å²) < 4.78 is 1.33. The molecule has 0 saturated carbocycles. The van der Waals surface area contributed by atoms with Crippen molar-refractivity contribution in [2.75, 3.05) is 13.1 Å². The van der Waals surface area contributed by atoms with Gasteiger partial charge >= 0.3 is 0 Å². The van der Waals surface area contributed by atoms with E-state index in [1.54, 1.807) is 0 Å². The average Bonchev–Trinajstić information content (AvgIpc) is 2.57. The van der Waals surface area contributed by atoms with Gasteiger partial charge < -0.3 is 5.32 Å². The van der Waals surface area contributed by atoms with E-state index < -0.39 is 0 Å². The molecule has 1 fully saturated rings. The Bertz CT molecular complexity index is 451. The smallest absolute Gasteiger partial charge is 0.0941 e. The van der Waals surface area contributed by atoms with Crippen LogP contribution in [0.2, 0.25) is 0 Å². The van der Waals surface area contributed by atoms with Crippen molar-refractivity contribution in [2.45, 2.75) is 25.7 Å². The van der Waals surface area contributed by atoms with Crippen LogP contribution in [0.3, 0.4) is 0 Å². The first-order valence-corrected chi connectivity index (χ1v) is 7.28. The molecule has 0 bridgehead atoms. The van der Waals surface area contributed by atoms with E-state index in [0.29, 0.717) is 0 Å². The second-order valence-electron chi connectivity index (χ2n) is 4.83. The van der Waals surface area contributed by atoms with Crippen LogP contribution in [0.25, 0.3) is 10.2 Å². The van der Waals surface area contributed by atoms with Crippen LogP contribution in [0, 0.1) is 5.92 Å². The minimum atomic E-state index is 0.825. The van der Waals surface area contributed by atoms with Crippen LogP contribution in [-0.4, -0.2) is 18.1 Å². The molecule has 90 valence electrons. The topological polar surface area (TPSA) is 24.9 Å². The quantitative estimate of drug-likeness (QED) is 0.880. The second-order valence-corrected chi connectivity index (χ2v) is 5.94. The summed E-state index contributed by atoms with van der Waals surface area (Å²) in [6.07, 6.45) is 5.13. The molecule has 3 heteroatoms. The van der Waals surface area contributed by atoms with Gasteiger partial charge in [0.25, 0.3) is 0 Å². The first kappa shape index (κ1) is 11.2. The number of hydrogen-bond acceptors (Lipinski definition) is 3. The summed E-state index contributed by atoms with van der Waals surface area (Å²) in [6.45, 7) is 2.37. The monoisotopic (exact) mass is 246 g/mol. The number of para-hydroxylation sites is 1. The Morgan fingerprint density at radius 1 is 1.24 bits per heavy atom. The summed E-state index contributed by atoms with van der Waals surface area (Å²) in [7, 11) is 0. The molecule has 1 unspecified atom stereocenters. The van der Waals surface area contributed by atoms with Crippen molar-refractivity contribution in [3.8, 4) is 0 Å². The molecule has 0 aliphatic carbocycles. The highest BCUT2D eigenvalue weighted by Crippen LogP contribution is 2.26. The average molecular weight is 246 g/mol. The van der Waals surface area contributed by atoms with E-state index >= 15 is 0 Å². The van der Waals surface area contributed by atoms with E-state index in [4.69, 9.17) is 4.98 Å². The molecule has 17 heavy (non-hydrogen) atoms. The van der Waals surface area contributed by atoms with E-state index in [-0.39, 0.29) is 0 Å². The Balaban J connectivity index is 1.75. The summed E-state index contributed by atoms with van der Waals surface area (Å²) >= 11 is 1.87. The predicted octanol–water partition coefficient (Wildman–Crippen LogP) is 3.23. The van der Waals surface area contributed by atoms with Gasteiger partial charge in [0.15, 0.2) is 0 Å². The normalized spacial score (nSPS) is 21.5. The lowest BCUT2D eigenvalue weighted by molar-refractivity contribution is 0.469. The Kier molecular flexibility index (Phi) is 3.39. The van der Waals surface area contributed by atoms with Gasteiger partial charge in [-0.1, -0.05) is 12.1 Å². The first-order valence-electron chi connectivity index (χ1n) is 6.47. The van der Waals surface area contributed by atoms with Crippen molar-refractivity contribution in [3.63, 3.8) is 0 Å². The summed E-state index contributed by atoms with van der Waals surface area (Å²) in [5.41, 5.74) is 1.17. The molecule has 2 aromatic rings. The maximum Gasteiger partial charge on any atom is 0.0941 e. The molecule has 1 aliphatic heterocycles. The van der Waals surface area contributed by atoms with E-state index in [1.807, 2.05) is 11.3 Å². The number of nitrogens with zero attached hydrogens (tertiary/aromatic N) is 1. The van der Waals surface area contributed by atoms with Gasteiger partial charge in [-0.15, -0.1) is 11.3 Å². The van der Waals surface area contributed by atoms with E-state index in [2.05, 4.69) is 29.6 Å². The van der Waals surface area contributed by atoms with Gasteiger partial charge in [0.1, 0.15) is 0 Å². The van der Waals surface area contributed by atoms with Crippen LogP contribution in [0.1, 0.15) is 24.3 Å². The third-order valence-electron chi connectivity index (χ3n) is 3.50. The third kappa shape index (κ3) is 2.67. The highest BCUT2D eigenvalue weighted by Gasteiger charge is 2.14. The Hall–Kier alpha value is -0.930. The maximum absolute atomic E-state index is 4.74. The third-order valence-corrected chi connectivity index (χ3v) is 4.56. The van der Waals surface area contributed by atoms with Crippen LogP contribution in [0.15, 0.2) is 24.3 Å². The fraction of sp³-hybridized carbons (Fsp3) is 0.500. The van der Waals surface area contributed by atoms with Gasteiger partial charge in [0.2, 0.25) is 0 Å². The molecule has 0 spiro atoms. The van der Waals surface area contributed by atoms with Crippen LogP contribution in [0.4, 0.5) is 0 Å². The molecule has 1 atom stereocenters. The number of rotatable bonds is 2. The van der Waals surface area contributed by atoms with Crippen LogP contribution >= 0.6 is 11.3 Å². The lowest BCUT2D eigenvalue weighted by Crippen LogP contribution is -2.14. The zero-order valence-corrected chi connectivity index (χ0v) is 10.8.